The third-order valence-electron chi connectivity index (χ3n) is 0. The van der Waals surface area contributed by atoms with Crippen LogP contribution in [-0.2, 0) is 19.2 Å². The monoisotopic (exact) mass is 342 g/mol. The Kier molecular flexibility index (Phi) is 121. The molecule has 0 atom stereocenters. The Morgan fingerprint density at radius 3 is 0.571 bits per heavy atom. The number of aliphatic carboxylic acids is 4. The van der Waals surface area contributed by atoms with Gasteiger partial charge in [0.1, 0.15) is 0 Å². The second kappa shape index (κ2) is 50.7. The van der Waals surface area contributed by atoms with Crippen LogP contribution in [0.5, 0.6) is 0 Å². The van der Waals surface area contributed by atoms with Crippen LogP contribution in [0, 0.1) is 0 Å². The summed E-state index contributed by atoms with van der Waals surface area (Å²) in [6.07, 6.45) is 0. The molecule has 0 radical (unpaired) electrons. The van der Waals surface area contributed by atoms with Crippen molar-refractivity contribution in [1.82, 2.24) is 12.3 Å². The Hall–Kier alpha value is -0.824. The average molecular weight is 342 g/mol. The van der Waals surface area contributed by atoms with Gasteiger partial charge in [-0.3, -0.25) is 19.2 Å². The fourth-order valence-electron chi connectivity index (χ4n) is 0. The van der Waals surface area contributed by atoms with Crippen LogP contribution >= 0.6 is 0 Å². The van der Waals surface area contributed by atoms with Gasteiger partial charge < -0.3 is 32.7 Å². The summed E-state index contributed by atoms with van der Waals surface area (Å²) >= 11 is 0. The summed E-state index contributed by atoms with van der Waals surface area (Å²) in [5, 5.41) is 29.7. The van der Waals surface area contributed by atoms with Crippen LogP contribution in [0.1, 0.15) is 27.7 Å². The molecule has 0 aromatic carbocycles. The van der Waals surface area contributed by atoms with E-state index in [0.717, 1.165) is 27.7 Å². The van der Waals surface area contributed by atoms with Crippen molar-refractivity contribution in [1.29, 1.82) is 0 Å². The van der Waals surface area contributed by atoms with Gasteiger partial charge in [-0.25, -0.2) is 0 Å². The molecule has 10 nitrogen and oxygen atoms in total. The fraction of sp³-hybridized carbons (Fsp3) is 0.400. The van der Waals surface area contributed by atoms with Crippen LogP contribution in [0.2, 0.25) is 0 Å². The third kappa shape index (κ3) is 8340. The molecule has 0 aromatic rings. The van der Waals surface area contributed by atoms with E-state index in [9.17, 15) is 0 Å². The quantitative estimate of drug-likeness (QED) is 0.269. The summed E-state index contributed by atoms with van der Waals surface area (Å²) < 4.78 is 0. The minimum atomic E-state index is -0.833. The second-order valence-corrected chi connectivity index (χ2v) is 2.08. The number of carboxylic acids is 4. The van der Waals surface area contributed by atoms with E-state index in [2.05, 4.69) is 13.2 Å². The van der Waals surface area contributed by atoms with Crippen molar-refractivity contribution in [2.24, 2.45) is 0 Å². The van der Waals surface area contributed by atoms with Gasteiger partial charge in [0.2, 0.25) is 0 Å². The minimum absolute atomic E-state index is 0. The normalized spacial score (nSPS) is 4.95. The molecule has 0 aromatic heterocycles. The zero-order valence-corrected chi connectivity index (χ0v) is 12.3. The first kappa shape index (κ1) is 50.0. The molecule has 0 saturated heterocycles. The van der Waals surface area contributed by atoms with E-state index in [1.54, 1.807) is 0 Å². The van der Waals surface area contributed by atoms with Crippen LogP contribution < -0.4 is 12.3 Å². The molecule has 0 heterocycles. The van der Waals surface area contributed by atoms with Gasteiger partial charge in [0.15, 0.2) is 0 Å². The maximum atomic E-state index is 9.00. The molecule has 0 saturated carbocycles. The zero-order chi connectivity index (χ0) is 16.3. The van der Waals surface area contributed by atoms with Gasteiger partial charge >= 0.3 is 51.4 Å². The van der Waals surface area contributed by atoms with Crippen molar-refractivity contribution >= 4 is 75.3 Å². The molecule has 0 aliphatic carbocycles. The summed E-state index contributed by atoms with van der Waals surface area (Å²) in [7, 11) is 0. The van der Waals surface area contributed by atoms with E-state index in [-0.39, 0.29) is 63.7 Å². The topological polar surface area (TPSA) is 219 Å². The van der Waals surface area contributed by atoms with Crippen molar-refractivity contribution in [3.63, 3.8) is 0 Å². The Bertz CT molecular complexity index is 185. The molecule has 0 rings (SSSR count). The van der Waals surface area contributed by atoms with Crippen molar-refractivity contribution in [3.8, 4) is 0 Å². The second-order valence-electron chi connectivity index (χ2n) is 2.08. The van der Waals surface area contributed by atoms with Gasteiger partial charge in [-0.2, -0.15) is 0 Å². The first-order valence-corrected chi connectivity index (χ1v) is 4.21. The molecule has 0 spiro atoms. The van der Waals surface area contributed by atoms with Crippen molar-refractivity contribution in [2.75, 3.05) is 0 Å². The Morgan fingerprint density at radius 2 is 0.571 bits per heavy atom. The van der Waals surface area contributed by atoms with E-state index < -0.39 is 23.9 Å². The van der Waals surface area contributed by atoms with Crippen LogP contribution in [0.4, 0.5) is 0 Å². The summed E-state index contributed by atoms with van der Waals surface area (Å²) in [6, 6.07) is 0. The van der Waals surface area contributed by atoms with Gasteiger partial charge in [0.05, 0.1) is 0 Å². The summed E-state index contributed by atoms with van der Waals surface area (Å²) in [5.74, 6) is -3.33. The number of carbonyl (C=O) groups is 4. The van der Waals surface area contributed by atoms with E-state index in [1.165, 1.54) is 0 Å². The summed E-state index contributed by atoms with van der Waals surface area (Å²) in [4.78, 5) is 36.0. The molecule has 0 fully saturated rings. The third-order valence-corrected chi connectivity index (χ3v) is 0. The number of hydrogen-bond acceptors (Lipinski definition) is 6. The number of rotatable bonds is 0. The molecule has 0 amide bonds. The van der Waals surface area contributed by atoms with Gasteiger partial charge in [0, 0.05) is 27.7 Å². The maximum absolute atomic E-state index is 9.00. The predicted molar refractivity (Wildman–Crippen MR) is 81.7 cm³/mol. The molecular weight excluding hydrogens is 315 g/mol. The van der Waals surface area contributed by atoms with Gasteiger partial charge in [-0.15, -0.1) is 13.2 Å². The first-order valence-electron chi connectivity index (χ1n) is 4.21. The van der Waals surface area contributed by atoms with Crippen LogP contribution in [0.25, 0.3) is 0 Å². The van der Waals surface area contributed by atoms with E-state index >= 15 is 0 Å². The summed E-state index contributed by atoms with van der Waals surface area (Å²) in [6.45, 7) is 10.3. The molecule has 0 aliphatic heterocycles. The molecule has 0 unspecified atom stereocenters. The van der Waals surface area contributed by atoms with Gasteiger partial charge in [-0.1, -0.05) is 0 Å². The molecular formula is C10H27KN2O8. The Morgan fingerprint density at radius 1 is 0.571 bits per heavy atom. The number of carboxylic acid groups (broad SMARTS) is 4. The van der Waals surface area contributed by atoms with Gasteiger partial charge in [0.25, 0.3) is 23.9 Å². The van der Waals surface area contributed by atoms with Gasteiger partial charge in [-0.05, 0) is 0 Å². The standard InChI is InChI=1S/4C2H4O2.C2H4.K.2H3N.H/c4*1-2(3)4;1-2;;;;/h4*1H3,(H,3,4);1-2H2;;2*1H3;. The van der Waals surface area contributed by atoms with Crippen molar-refractivity contribution in [3.05, 3.63) is 13.2 Å². The zero-order valence-electron chi connectivity index (χ0n) is 12.3. The fourth-order valence-corrected chi connectivity index (χ4v) is 0. The molecule has 0 aliphatic rings. The Balaban J connectivity index is -0.0000000164. The molecule has 10 N–H and O–H groups in total. The molecule has 21 heavy (non-hydrogen) atoms. The van der Waals surface area contributed by atoms with E-state index in [0.29, 0.717) is 0 Å². The number of hydrogen-bond donors (Lipinski definition) is 6. The summed E-state index contributed by atoms with van der Waals surface area (Å²) in [5.41, 5.74) is 0. The SMILES string of the molecule is C=C.CC(=O)O.CC(=O)O.CC(=O)O.CC(=O)O.N.N.[KH]. The predicted octanol–water partition coefficient (Wildman–Crippen LogP) is 0.841. The average Bonchev–Trinajstić information content (AvgIpc) is 2.01. The molecule has 11 heteroatoms. The van der Waals surface area contributed by atoms with Crippen LogP contribution in [0.15, 0.2) is 13.2 Å². The van der Waals surface area contributed by atoms with Crippen molar-refractivity contribution < 1.29 is 39.6 Å². The first-order chi connectivity index (χ1) is 7.93. The molecule has 126 valence electrons. The van der Waals surface area contributed by atoms with Crippen LogP contribution in [-0.4, -0.2) is 95.7 Å². The Labute approximate surface area is 166 Å². The van der Waals surface area contributed by atoms with Crippen molar-refractivity contribution in [2.45, 2.75) is 27.7 Å². The van der Waals surface area contributed by atoms with E-state index in [4.69, 9.17) is 39.6 Å². The molecule has 0 bridgehead atoms. The van der Waals surface area contributed by atoms with Crippen LogP contribution in [0.3, 0.4) is 0 Å². The van der Waals surface area contributed by atoms with E-state index in [1.807, 2.05) is 0 Å².